The van der Waals surface area contributed by atoms with Crippen molar-refractivity contribution in [1.29, 1.82) is 0 Å². The van der Waals surface area contributed by atoms with Crippen LogP contribution in [0.2, 0.25) is 0 Å². The van der Waals surface area contributed by atoms with E-state index in [9.17, 15) is 4.79 Å². The quantitative estimate of drug-likeness (QED) is 0.836. The predicted molar refractivity (Wildman–Crippen MR) is 82.3 cm³/mol. The van der Waals surface area contributed by atoms with E-state index in [4.69, 9.17) is 0 Å². The zero-order chi connectivity index (χ0) is 14.6. The highest BCUT2D eigenvalue weighted by Gasteiger charge is 2.16. The summed E-state index contributed by atoms with van der Waals surface area (Å²) < 4.78 is 1.73. The Labute approximate surface area is 121 Å². The number of rotatable bonds is 5. The largest absolute Gasteiger partial charge is 0.365 e. The van der Waals surface area contributed by atoms with Gasteiger partial charge in [-0.3, -0.25) is 4.79 Å². The number of likely N-dealkylation sites (tertiary alicyclic amines) is 1. The van der Waals surface area contributed by atoms with Crippen molar-refractivity contribution in [3.05, 3.63) is 22.7 Å². The second-order valence-electron chi connectivity index (χ2n) is 6.45. The first-order chi connectivity index (χ1) is 9.48. The van der Waals surface area contributed by atoms with Gasteiger partial charge in [0.1, 0.15) is 0 Å². The van der Waals surface area contributed by atoms with Crippen molar-refractivity contribution in [2.45, 2.75) is 45.6 Å². The van der Waals surface area contributed by atoms with E-state index in [1.807, 2.05) is 20.8 Å². The normalized spacial score (nSPS) is 16.6. The van der Waals surface area contributed by atoms with Gasteiger partial charge in [-0.2, -0.15) is 0 Å². The maximum absolute atomic E-state index is 12.3. The zero-order valence-electron chi connectivity index (χ0n) is 12.9. The number of nitrogens with zero attached hydrogens (tertiary/aromatic N) is 3. The summed E-state index contributed by atoms with van der Waals surface area (Å²) in [4.78, 5) is 18.9. The van der Waals surface area contributed by atoms with E-state index >= 15 is 0 Å². The molecule has 0 aliphatic carbocycles. The van der Waals surface area contributed by atoms with Gasteiger partial charge in [0, 0.05) is 24.5 Å². The Morgan fingerprint density at radius 1 is 1.30 bits per heavy atom. The van der Waals surface area contributed by atoms with Crippen molar-refractivity contribution < 1.29 is 0 Å². The molecule has 0 unspecified atom stereocenters. The van der Waals surface area contributed by atoms with E-state index in [1.54, 1.807) is 17.0 Å². The van der Waals surface area contributed by atoms with Crippen LogP contribution in [-0.2, 0) is 5.54 Å². The standard InChI is InChI=1S/C15H26N4O/c1-15(2,3)19-12-8-17-13(14(19)20)16-7-6-11-18-9-4-5-10-18/h8,12H,4-7,9-11H2,1-3H3,(H,16,17). The molecule has 1 aliphatic rings. The van der Waals surface area contributed by atoms with Crippen LogP contribution in [0.5, 0.6) is 0 Å². The van der Waals surface area contributed by atoms with Gasteiger partial charge in [0.25, 0.3) is 5.56 Å². The molecule has 5 heteroatoms. The highest BCUT2D eigenvalue weighted by Crippen LogP contribution is 2.11. The number of anilines is 1. The summed E-state index contributed by atoms with van der Waals surface area (Å²) >= 11 is 0. The van der Waals surface area contributed by atoms with E-state index < -0.39 is 0 Å². The topological polar surface area (TPSA) is 50.2 Å². The SMILES string of the molecule is CC(C)(C)n1ccnc(NCCCN2CCCC2)c1=O. The summed E-state index contributed by atoms with van der Waals surface area (Å²) in [6.45, 7) is 10.4. The summed E-state index contributed by atoms with van der Waals surface area (Å²) in [5.74, 6) is 0.462. The molecule has 0 spiro atoms. The van der Waals surface area contributed by atoms with Crippen molar-refractivity contribution in [1.82, 2.24) is 14.5 Å². The van der Waals surface area contributed by atoms with Gasteiger partial charge in [0.05, 0.1) is 0 Å². The maximum atomic E-state index is 12.3. The lowest BCUT2D eigenvalue weighted by molar-refractivity contribution is 0.337. The van der Waals surface area contributed by atoms with Crippen molar-refractivity contribution in [2.75, 3.05) is 31.5 Å². The van der Waals surface area contributed by atoms with Gasteiger partial charge in [-0.15, -0.1) is 0 Å². The van der Waals surface area contributed by atoms with Crippen LogP contribution < -0.4 is 10.9 Å². The van der Waals surface area contributed by atoms with Gasteiger partial charge in [-0.1, -0.05) is 0 Å². The average Bonchev–Trinajstić information content (AvgIpc) is 2.88. The number of aromatic nitrogens is 2. The lowest BCUT2D eigenvalue weighted by atomic mass is 10.1. The summed E-state index contributed by atoms with van der Waals surface area (Å²) in [5, 5.41) is 3.18. The first-order valence-electron chi connectivity index (χ1n) is 7.53. The molecule has 0 bridgehead atoms. The van der Waals surface area contributed by atoms with Crippen molar-refractivity contribution in [3.8, 4) is 0 Å². The molecule has 2 rings (SSSR count). The minimum absolute atomic E-state index is 0.0406. The van der Waals surface area contributed by atoms with Crippen molar-refractivity contribution in [2.24, 2.45) is 0 Å². The highest BCUT2D eigenvalue weighted by atomic mass is 16.1. The number of hydrogen-bond donors (Lipinski definition) is 1. The van der Waals surface area contributed by atoms with E-state index in [0.29, 0.717) is 5.82 Å². The van der Waals surface area contributed by atoms with Crippen LogP contribution in [0.3, 0.4) is 0 Å². The van der Waals surface area contributed by atoms with Crippen molar-refractivity contribution in [3.63, 3.8) is 0 Å². The van der Waals surface area contributed by atoms with Gasteiger partial charge in [0.2, 0.25) is 0 Å². The number of nitrogens with one attached hydrogen (secondary N) is 1. The monoisotopic (exact) mass is 278 g/mol. The minimum Gasteiger partial charge on any atom is -0.365 e. The van der Waals surface area contributed by atoms with E-state index in [-0.39, 0.29) is 11.1 Å². The molecule has 1 N–H and O–H groups in total. The molecule has 112 valence electrons. The highest BCUT2D eigenvalue weighted by molar-refractivity contribution is 5.30. The third-order valence-electron chi connectivity index (χ3n) is 3.71. The fourth-order valence-electron chi connectivity index (χ4n) is 2.58. The summed E-state index contributed by atoms with van der Waals surface area (Å²) in [6, 6.07) is 0. The molecule has 0 radical (unpaired) electrons. The first kappa shape index (κ1) is 15.0. The maximum Gasteiger partial charge on any atom is 0.293 e. The molecule has 1 aromatic heterocycles. The Morgan fingerprint density at radius 2 is 2.00 bits per heavy atom. The molecule has 5 nitrogen and oxygen atoms in total. The fourth-order valence-corrected chi connectivity index (χ4v) is 2.58. The van der Waals surface area contributed by atoms with Gasteiger partial charge < -0.3 is 14.8 Å². The van der Waals surface area contributed by atoms with E-state index in [0.717, 1.165) is 19.5 Å². The summed E-state index contributed by atoms with van der Waals surface area (Å²) in [7, 11) is 0. The Hall–Kier alpha value is -1.36. The average molecular weight is 278 g/mol. The van der Waals surface area contributed by atoms with E-state index in [1.165, 1.54) is 25.9 Å². The van der Waals surface area contributed by atoms with Crippen LogP contribution in [-0.4, -0.2) is 40.6 Å². The molecule has 0 atom stereocenters. The molecular formula is C15H26N4O. The molecule has 0 amide bonds. The molecule has 0 aromatic carbocycles. The zero-order valence-corrected chi connectivity index (χ0v) is 12.9. The molecular weight excluding hydrogens is 252 g/mol. The number of hydrogen-bond acceptors (Lipinski definition) is 4. The third-order valence-corrected chi connectivity index (χ3v) is 3.71. The fraction of sp³-hybridized carbons (Fsp3) is 0.733. The molecule has 0 saturated carbocycles. The van der Waals surface area contributed by atoms with Crippen LogP contribution in [0.15, 0.2) is 17.2 Å². The summed E-state index contributed by atoms with van der Waals surface area (Å²) in [6.07, 6.45) is 7.13. The lowest BCUT2D eigenvalue weighted by Crippen LogP contribution is -2.35. The third kappa shape index (κ3) is 3.82. The van der Waals surface area contributed by atoms with Gasteiger partial charge in [-0.25, -0.2) is 4.98 Å². The second kappa shape index (κ2) is 6.39. The molecule has 2 heterocycles. The Morgan fingerprint density at radius 3 is 2.65 bits per heavy atom. The molecule has 1 fully saturated rings. The first-order valence-corrected chi connectivity index (χ1v) is 7.53. The smallest absolute Gasteiger partial charge is 0.293 e. The van der Waals surface area contributed by atoms with Crippen LogP contribution in [0.25, 0.3) is 0 Å². The second-order valence-corrected chi connectivity index (χ2v) is 6.45. The van der Waals surface area contributed by atoms with Crippen LogP contribution in [0.1, 0.15) is 40.0 Å². The van der Waals surface area contributed by atoms with Crippen molar-refractivity contribution >= 4 is 5.82 Å². The van der Waals surface area contributed by atoms with Gasteiger partial charge in [0.15, 0.2) is 5.82 Å². The Kier molecular flexibility index (Phi) is 4.81. The molecule has 1 aromatic rings. The Balaban J connectivity index is 1.88. The predicted octanol–water partition coefficient (Wildman–Crippen LogP) is 1.90. The minimum atomic E-state index is -0.216. The van der Waals surface area contributed by atoms with Crippen LogP contribution >= 0.6 is 0 Å². The molecule has 1 aliphatic heterocycles. The van der Waals surface area contributed by atoms with Gasteiger partial charge in [-0.05, 0) is 59.7 Å². The summed E-state index contributed by atoms with van der Waals surface area (Å²) in [5.41, 5.74) is -0.257. The van der Waals surface area contributed by atoms with Gasteiger partial charge >= 0.3 is 0 Å². The Bertz CT molecular complexity index is 483. The van der Waals surface area contributed by atoms with E-state index in [2.05, 4.69) is 15.2 Å². The molecule has 1 saturated heterocycles. The lowest BCUT2D eigenvalue weighted by Gasteiger charge is -2.22. The van der Waals surface area contributed by atoms with Crippen LogP contribution in [0, 0.1) is 0 Å². The van der Waals surface area contributed by atoms with Crippen LogP contribution in [0.4, 0.5) is 5.82 Å². The molecule has 20 heavy (non-hydrogen) atoms.